The molecule has 5 atom stereocenters. The van der Waals surface area contributed by atoms with E-state index in [1.165, 1.54) is 12.8 Å². The quantitative estimate of drug-likeness (QED) is 0.336. The minimum absolute atomic E-state index is 0.0818. The SMILES string of the molecule is CCOP(=O)(O[C@@H]1C[C@H](C)CC[C@H]1C(C)C)C(C)I. The molecule has 0 spiro atoms. The summed E-state index contributed by atoms with van der Waals surface area (Å²) in [5, 5.41) is 0. The summed E-state index contributed by atoms with van der Waals surface area (Å²) in [6.07, 6.45) is 3.51. The lowest BCUT2D eigenvalue weighted by molar-refractivity contribution is 0.0320. The van der Waals surface area contributed by atoms with Crippen LogP contribution in [0.5, 0.6) is 0 Å². The van der Waals surface area contributed by atoms with Crippen molar-refractivity contribution in [2.45, 2.75) is 63.7 Å². The highest BCUT2D eigenvalue weighted by atomic mass is 127. The molecule has 0 heterocycles. The van der Waals surface area contributed by atoms with Crippen LogP contribution in [-0.2, 0) is 13.6 Å². The van der Waals surface area contributed by atoms with E-state index in [0.717, 1.165) is 6.42 Å². The van der Waals surface area contributed by atoms with E-state index < -0.39 is 7.60 Å². The molecule has 0 aromatic rings. The molecular weight excluding hydrogens is 374 g/mol. The van der Waals surface area contributed by atoms with Gasteiger partial charge in [-0.05, 0) is 44.4 Å². The summed E-state index contributed by atoms with van der Waals surface area (Å²) in [5.41, 5.74) is 0. The number of halogens is 1. The van der Waals surface area contributed by atoms with Crippen molar-refractivity contribution < 1.29 is 13.6 Å². The van der Waals surface area contributed by atoms with Crippen molar-refractivity contribution in [3.63, 3.8) is 0 Å². The smallest absolute Gasteiger partial charge is 0.308 e. The lowest BCUT2D eigenvalue weighted by Gasteiger charge is -2.39. The molecule has 114 valence electrons. The third kappa shape index (κ3) is 4.98. The maximum Gasteiger partial charge on any atom is 0.343 e. The number of rotatable bonds is 6. The fraction of sp³-hybridized carbons (Fsp3) is 1.00. The van der Waals surface area contributed by atoms with Crippen molar-refractivity contribution in [1.29, 1.82) is 0 Å². The predicted octanol–water partition coefficient (Wildman–Crippen LogP) is 5.47. The minimum Gasteiger partial charge on any atom is -0.308 e. The number of hydrogen-bond donors (Lipinski definition) is 0. The Labute approximate surface area is 131 Å². The molecule has 3 nitrogen and oxygen atoms in total. The Bertz CT molecular complexity index is 320. The highest BCUT2D eigenvalue weighted by Crippen LogP contribution is 2.58. The second kappa shape index (κ2) is 7.77. The van der Waals surface area contributed by atoms with Crippen LogP contribution >= 0.6 is 30.2 Å². The first-order valence-electron chi connectivity index (χ1n) is 7.36. The van der Waals surface area contributed by atoms with Gasteiger partial charge in [0.2, 0.25) is 0 Å². The average molecular weight is 402 g/mol. The highest BCUT2D eigenvalue weighted by molar-refractivity contribution is 14.1. The van der Waals surface area contributed by atoms with Gasteiger partial charge in [-0.15, -0.1) is 0 Å². The van der Waals surface area contributed by atoms with Gasteiger partial charge in [0.05, 0.1) is 12.7 Å². The Morgan fingerprint density at radius 3 is 2.42 bits per heavy atom. The minimum atomic E-state index is -2.98. The van der Waals surface area contributed by atoms with Gasteiger partial charge in [0.15, 0.2) is 0 Å². The normalized spacial score (nSPS) is 33.1. The van der Waals surface area contributed by atoms with E-state index in [0.29, 0.717) is 24.4 Å². The molecule has 0 aliphatic heterocycles. The highest BCUT2D eigenvalue weighted by Gasteiger charge is 2.39. The molecule has 5 heteroatoms. The van der Waals surface area contributed by atoms with Crippen LogP contribution in [0.3, 0.4) is 0 Å². The molecule has 1 aliphatic rings. The fourth-order valence-electron chi connectivity index (χ4n) is 2.82. The Morgan fingerprint density at radius 1 is 1.32 bits per heavy atom. The van der Waals surface area contributed by atoms with Crippen LogP contribution in [0.15, 0.2) is 0 Å². The molecule has 1 aliphatic carbocycles. The Hall–Kier alpha value is 0.880. The molecule has 0 N–H and O–H groups in total. The van der Waals surface area contributed by atoms with E-state index in [1.807, 2.05) is 13.8 Å². The van der Waals surface area contributed by atoms with Crippen LogP contribution in [0.2, 0.25) is 0 Å². The summed E-state index contributed by atoms with van der Waals surface area (Å²) in [6, 6.07) is 0. The molecular formula is C14H28IO3P. The number of hydrogen-bond acceptors (Lipinski definition) is 3. The van der Waals surface area contributed by atoms with E-state index in [2.05, 4.69) is 43.4 Å². The zero-order valence-corrected chi connectivity index (χ0v) is 15.8. The molecule has 0 saturated heterocycles. The van der Waals surface area contributed by atoms with Crippen LogP contribution in [0, 0.1) is 17.8 Å². The van der Waals surface area contributed by atoms with E-state index >= 15 is 0 Å². The average Bonchev–Trinajstić information content (AvgIpc) is 2.28. The summed E-state index contributed by atoms with van der Waals surface area (Å²) in [5.74, 6) is 1.72. The molecule has 1 saturated carbocycles. The zero-order chi connectivity index (χ0) is 14.6. The molecule has 0 amide bonds. The van der Waals surface area contributed by atoms with Crippen molar-refractivity contribution in [3.05, 3.63) is 0 Å². The lowest BCUT2D eigenvalue weighted by Crippen LogP contribution is -2.34. The van der Waals surface area contributed by atoms with Crippen LogP contribution in [0.25, 0.3) is 0 Å². The predicted molar refractivity (Wildman–Crippen MR) is 88.9 cm³/mol. The molecule has 1 rings (SSSR count). The van der Waals surface area contributed by atoms with Gasteiger partial charge in [0.1, 0.15) is 3.67 Å². The monoisotopic (exact) mass is 402 g/mol. The first-order valence-corrected chi connectivity index (χ1v) is 10.2. The zero-order valence-electron chi connectivity index (χ0n) is 12.8. The van der Waals surface area contributed by atoms with E-state index in [-0.39, 0.29) is 9.77 Å². The Kier molecular flexibility index (Phi) is 7.33. The van der Waals surface area contributed by atoms with Gasteiger partial charge < -0.3 is 9.05 Å². The molecule has 2 unspecified atom stereocenters. The third-order valence-corrected chi connectivity index (χ3v) is 8.09. The number of alkyl halides is 1. The van der Waals surface area contributed by atoms with Crippen LogP contribution in [0.4, 0.5) is 0 Å². The van der Waals surface area contributed by atoms with Gasteiger partial charge in [-0.2, -0.15) is 0 Å². The maximum atomic E-state index is 12.8. The molecule has 19 heavy (non-hydrogen) atoms. The summed E-state index contributed by atoms with van der Waals surface area (Å²) in [7, 11) is -2.98. The van der Waals surface area contributed by atoms with E-state index in [1.54, 1.807) is 0 Å². The largest absolute Gasteiger partial charge is 0.343 e. The van der Waals surface area contributed by atoms with Gasteiger partial charge in [-0.1, -0.05) is 49.8 Å². The first kappa shape index (κ1) is 17.9. The summed E-state index contributed by atoms with van der Waals surface area (Å²) in [4.78, 5) is 0. The second-order valence-electron chi connectivity index (χ2n) is 6.00. The maximum absolute atomic E-state index is 12.8. The van der Waals surface area contributed by atoms with Crippen LogP contribution in [-0.4, -0.2) is 16.4 Å². The van der Waals surface area contributed by atoms with E-state index in [4.69, 9.17) is 9.05 Å². The van der Waals surface area contributed by atoms with Crippen molar-refractivity contribution in [1.82, 2.24) is 0 Å². The molecule has 0 radical (unpaired) electrons. The summed E-state index contributed by atoms with van der Waals surface area (Å²) >= 11 is 2.16. The van der Waals surface area contributed by atoms with Crippen molar-refractivity contribution in [2.75, 3.05) is 6.61 Å². The van der Waals surface area contributed by atoms with Crippen molar-refractivity contribution >= 4 is 30.2 Å². The summed E-state index contributed by atoms with van der Waals surface area (Å²) in [6.45, 7) is 10.9. The standard InChI is InChI=1S/C14H28IO3P/c1-6-17-19(16,12(5)15)18-14-9-11(4)7-8-13(14)10(2)3/h10-14H,6-9H2,1-5H3/t11-,12?,13+,14-,19?/m1/s1. The van der Waals surface area contributed by atoms with Crippen LogP contribution < -0.4 is 0 Å². The molecule has 0 aromatic carbocycles. The van der Waals surface area contributed by atoms with Gasteiger partial charge in [0, 0.05) is 0 Å². The Balaban J connectivity index is 2.82. The third-order valence-electron chi connectivity index (χ3n) is 3.99. The van der Waals surface area contributed by atoms with Crippen molar-refractivity contribution in [3.8, 4) is 0 Å². The lowest BCUT2D eigenvalue weighted by atomic mass is 9.75. The van der Waals surface area contributed by atoms with Gasteiger partial charge in [-0.25, -0.2) is 0 Å². The molecule has 0 aromatic heterocycles. The first-order chi connectivity index (χ1) is 8.80. The topological polar surface area (TPSA) is 35.5 Å². The summed E-state index contributed by atoms with van der Waals surface area (Å²) < 4.78 is 24.2. The van der Waals surface area contributed by atoms with Gasteiger partial charge in [-0.3, -0.25) is 4.57 Å². The van der Waals surface area contributed by atoms with Gasteiger partial charge >= 0.3 is 7.60 Å². The second-order valence-corrected chi connectivity index (χ2v) is 11.2. The molecule has 0 bridgehead atoms. The van der Waals surface area contributed by atoms with Crippen LogP contribution in [0.1, 0.15) is 53.9 Å². The van der Waals surface area contributed by atoms with E-state index in [9.17, 15) is 4.57 Å². The fourth-order valence-corrected chi connectivity index (χ4v) is 5.11. The van der Waals surface area contributed by atoms with Crippen molar-refractivity contribution in [2.24, 2.45) is 17.8 Å². The van der Waals surface area contributed by atoms with Gasteiger partial charge in [0.25, 0.3) is 0 Å². The molecule has 1 fully saturated rings. The Morgan fingerprint density at radius 2 is 1.95 bits per heavy atom.